The number of benzene rings is 1. The van der Waals surface area contributed by atoms with Gasteiger partial charge in [0.1, 0.15) is 11.9 Å². The number of anilines is 1. The number of aryl methyl sites for hydroxylation is 1. The van der Waals surface area contributed by atoms with Crippen LogP contribution in [-0.4, -0.2) is 5.91 Å². The van der Waals surface area contributed by atoms with E-state index in [0.29, 0.717) is 10.2 Å². The molecule has 0 aliphatic carbocycles. The fourth-order valence-corrected chi connectivity index (χ4v) is 2.77. The Kier molecular flexibility index (Phi) is 4.34. The second kappa shape index (κ2) is 5.81. The summed E-state index contributed by atoms with van der Waals surface area (Å²) in [4.78, 5) is 12.8. The number of carbonyl (C=O) groups excluding carboxylic acids is 1. The number of hydrogen-bond donors (Lipinski definition) is 2. The summed E-state index contributed by atoms with van der Waals surface area (Å²) in [5.74, 6) is -0.780. The molecule has 1 aromatic carbocycles. The number of nitrogens with two attached hydrogens (primary N) is 1. The van der Waals surface area contributed by atoms with Crippen molar-refractivity contribution in [3.63, 3.8) is 0 Å². The quantitative estimate of drug-likeness (QED) is 0.895. The van der Waals surface area contributed by atoms with E-state index >= 15 is 0 Å². The highest BCUT2D eigenvalue weighted by atomic mass is 79.9. The molecule has 19 heavy (non-hydrogen) atoms. The molecular formula is C13H12BrFN2OS. The van der Waals surface area contributed by atoms with Gasteiger partial charge in [-0.1, -0.05) is 6.07 Å². The Balaban J connectivity index is 2.17. The molecule has 1 aromatic heterocycles. The van der Waals surface area contributed by atoms with Gasteiger partial charge in [-0.3, -0.25) is 4.79 Å². The monoisotopic (exact) mass is 342 g/mol. The summed E-state index contributed by atoms with van der Waals surface area (Å²) >= 11 is 4.51. The van der Waals surface area contributed by atoms with Crippen molar-refractivity contribution < 1.29 is 9.18 Å². The summed E-state index contributed by atoms with van der Waals surface area (Å²) in [5.41, 5.74) is 7.04. The fraction of sp³-hybridized carbons (Fsp3) is 0.154. The standard InChI is InChI=1S/C13H12BrFN2OS/c1-7-5-8(14)9(15)6-10(7)17-13(18)12(16)11-3-2-4-19-11/h2-6,12H,16H2,1H3,(H,17,18). The second-order valence-electron chi connectivity index (χ2n) is 4.06. The predicted molar refractivity (Wildman–Crippen MR) is 78.7 cm³/mol. The van der Waals surface area contributed by atoms with Crippen LogP contribution < -0.4 is 11.1 Å². The molecule has 3 nitrogen and oxygen atoms in total. The molecule has 3 N–H and O–H groups in total. The molecule has 1 unspecified atom stereocenters. The summed E-state index contributed by atoms with van der Waals surface area (Å²) in [5, 5.41) is 4.50. The first kappa shape index (κ1) is 14.2. The molecule has 0 aliphatic rings. The molecule has 0 radical (unpaired) electrons. The van der Waals surface area contributed by atoms with Crippen LogP contribution in [0, 0.1) is 12.7 Å². The van der Waals surface area contributed by atoms with E-state index in [-0.39, 0.29) is 5.91 Å². The Morgan fingerprint density at radius 3 is 2.89 bits per heavy atom. The van der Waals surface area contributed by atoms with Gasteiger partial charge in [0.2, 0.25) is 5.91 Å². The van der Waals surface area contributed by atoms with E-state index in [4.69, 9.17) is 5.73 Å². The average molecular weight is 343 g/mol. The van der Waals surface area contributed by atoms with Crippen LogP contribution in [0.25, 0.3) is 0 Å². The van der Waals surface area contributed by atoms with Gasteiger partial charge in [-0.05, 0) is 52.0 Å². The van der Waals surface area contributed by atoms with Crippen LogP contribution in [0.5, 0.6) is 0 Å². The minimum Gasteiger partial charge on any atom is -0.324 e. The minimum atomic E-state index is -0.744. The third-order valence-corrected chi connectivity index (χ3v) is 4.22. The molecule has 2 rings (SSSR count). The molecule has 1 heterocycles. The summed E-state index contributed by atoms with van der Waals surface area (Å²) in [6, 6.07) is 5.77. The van der Waals surface area contributed by atoms with Crippen molar-refractivity contribution >= 4 is 38.9 Å². The zero-order valence-electron chi connectivity index (χ0n) is 10.1. The first-order valence-electron chi connectivity index (χ1n) is 5.54. The highest BCUT2D eigenvalue weighted by Crippen LogP contribution is 2.25. The Bertz CT molecular complexity index is 601. The van der Waals surface area contributed by atoms with Gasteiger partial charge in [-0.15, -0.1) is 11.3 Å². The SMILES string of the molecule is Cc1cc(Br)c(F)cc1NC(=O)C(N)c1cccs1. The van der Waals surface area contributed by atoms with Crippen LogP contribution >= 0.6 is 27.3 Å². The van der Waals surface area contributed by atoms with Crippen LogP contribution in [0.1, 0.15) is 16.5 Å². The van der Waals surface area contributed by atoms with E-state index in [0.717, 1.165) is 10.4 Å². The summed E-state index contributed by atoms with van der Waals surface area (Å²) < 4.78 is 13.8. The van der Waals surface area contributed by atoms with Crippen molar-refractivity contribution in [3.8, 4) is 0 Å². The van der Waals surface area contributed by atoms with E-state index in [1.807, 2.05) is 11.4 Å². The molecule has 0 saturated heterocycles. The number of hydrogen-bond acceptors (Lipinski definition) is 3. The molecule has 1 amide bonds. The molecule has 2 aromatic rings. The summed E-state index contributed by atoms with van der Waals surface area (Å²) in [6.45, 7) is 1.79. The molecule has 6 heteroatoms. The smallest absolute Gasteiger partial charge is 0.246 e. The van der Waals surface area contributed by atoms with E-state index in [1.165, 1.54) is 17.4 Å². The first-order valence-corrected chi connectivity index (χ1v) is 7.22. The summed E-state index contributed by atoms with van der Waals surface area (Å²) in [7, 11) is 0. The molecule has 0 saturated carbocycles. The molecule has 0 fully saturated rings. The van der Waals surface area contributed by atoms with Crippen LogP contribution in [-0.2, 0) is 4.79 Å². The maximum Gasteiger partial charge on any atom is 0.246 e. The molecule has 1 atom stereocenters. The molecule has 0 spiro atoms. The van der Waals surface area contributed by atoms with Gasteiger partial charge in [-0.2, -0.15) is 0 Å². The van der Waals surface area contributed by atoms with E-state index in [1.54, 1.807) is 19.1 Å². The van der Waals surface area contributed by atoms with E-state index in [2.05, 4.69) is 21.2 Å². The Hall–Kier alpha value is -1.24. The zero-order chi connectivity index (χ0) is 14.0. The van der Waals surface area contributed by atoms with Crippen molar-refractivity contribution in [2.24, 2.45) is 5.73 Å². The average Bonchev–Trinajstić information content (AvgIpc) is 2.88. The lowest BCUT2D eigenvalue weighted by molar-refractivity contribution is -0.117. The van der Waals surface area contributed by atoms with Crippen molar-refractivity contribution in [3.05, 3.63) is 50.4 Å². The van der Waals surface area contributed by atoms with Gasteiger partial charge in [0.05, 0.1) is 4.47 Å². The van der Waals surface area contributed by atoms with Crippen molar-refractivity contribution in [2.45, 2.75) is 13.0 Å². The van der Waals surface area contributed by atoms with Crippen molar-refractivity contribution in [2.75, 3.05) is 5.32 Å². The molecule has 0 aliphatic heterocycles. The first-order chi connectivity index (χ1) is 8.99. The van der Waals surface area contributed by atoms with Gasteiger partial charge in [0.25, 0.3) is 0 Å². The van der Waals surface area contributed by atoms with Gasteiger partial charge in [-0.25, -0.2) is 4.39 Å². The number of amides is 1. The lowest BCUT2D eigenvalue weighted by Gasteiger charge is -2.13. The van der Waals surface area contributed by atoms with Crippen LogP contribution in [0.2, 0.25) is 0 Å². The van der Waals surface area contributed by atoms with Gasteiger partial charge in [0.15, 0.2) is 0 Å². The van der Waals surface area contributed by atoms with Gasteiger partial charge < -0.3 is 11.1 Å². The highest BCUT2D eigenvalue weighted by molar-refractivity contribution is 9.10. The third-order valence-electron chi connectivity index (χ3n) is 2.66. The molecule has 0 bridgehead atoms. The topological polar surface area (TPSA) is 55.1 Å². The second-order valence-corrected chi connectivity index (χ2v) is 5.90. The predicted octanol–water partition coefficient (Wildman–Crippen LogP) is 3.60. The Labute approximate surface area is 122 Å². The minimum absolute atomic E-state index is 0.354. The van der Waals surface area contributed by atoms with E-state index in [9.17, 15) is 9.18 Å². The Morgan fingerprint density at radius 2 is 2.26 bits per heavy atom. The van der Waals surface area contributed by atoms with Crippen LogP contribution in [0.15, 0.2) is 34.1 Å². The van der Waals surface area contributed by atoms with Gasteiger partial charge in [0, 0.05) is 10.6 Å². The lowest BCUT2D eigenvalue weighted by Crippen LogP contribution is -2.27. The number of thiophene rings is 1. The maximum atomic E-state index is 13.5. The number of halogens is 2. The van der Waals surface area contributed by atoms with Gasteiger partial charge >= 0.3 is 0 Å². The van der Waals surface area contributed by atoms with E-state index < -0.39 is 11.9 Å². The van der Waals surface area contributed by atoms with Crippen LogP contribution in [0.4, 0.5) is 10.1 Å². The molecular weight excluding hydrogens is 331 g/mol. The summed E-state index contributed by atoms with van der Waals surface area (Å²) in [6.07, 6.45) is 0. The lowest BCUT2D eigenvalue weighted by atomic mass is 10.1. The van der Waals surface area contributed by atoms with Crippen molar-refractivity contribution in [1.29, 1.82) is 0 Å². The highest BCUT2D eigenvalue weighted by Gasteiger charge is 2.18. The van der Waals surface area contributed by atoms with Crippen molar-refractivity contribution in [1.82, 2.24) is 0 Å². The third kappa shape index (κ3) is 3.20. The molecule has 100 valence electrons. The number of carbonyl (C=O) groups is 1. The Morgan fingerprint density at radius 1 is 1.53 bits per heavy atom. The normalized spacial score (nSPS) is 12.2. The fourth-order valence-electron chi connectivity index (χ4n) is 1.59. The largest absolute Gasteiger partial charge is 0.324 e. The number of rotatable bonds is 3. The number of nitrogens with one attached hydrogen (secondary N) is 1. The maximum absolute atomic E-state index is 13.5. The zero-order valence-corrected chi connectivity index (χ0v) is 12.5. The van der Waals surface area contributed by atoms with Crippen LogP contribution in [0.3, 0.4) is 0 Å².